The highest BCUT2D eigenvalue weighted by molar-refractivity contribution is 7.21. The molecule has 0 saturated carbocycles. The number of nitrogens with zero attached hydrogens (tertiary/aromatic N) is 2. The number of carbonyl (C=O) groups is 1. The van der Waals surface area contributed by atoms with E-state index in [1.165, 1.54) is 22.2 Å². The Morgan fingerprint density at radius 1 is 1.17 bits per heavy atom. The summed E-state index contributed by atoms with van der Waals surface area (Å²) in [5.41, 5.74) is 2.20. The van der Waals surface area contributed by atoms with Crippen LogP contribution in [0.1, 0.15) is 18.5 Å². The van der Waals surface area contributed by atoms with E-state index in [2.05, 4.69) is 10.3 Å². The average Bonchev–Trinajstić information content (AvgIpc) is 3.17. The molecule has 7 heteroatoms. The van der Waals surface area contributed by atoms with Crippen molar-refractivity contribution in [2.45, 2.75) is 19.9 Å². The van der Waals surface area contributed by atoms with Gasteiger partial charge in [-0.3, -0.25) is 14.2 Å². The van der Waals surface area contributed by atoms with Crippen molar-refractivity contribution >= 4 is 44.7 Å². The Morgan fingerprint density at radius 3 is 2.69 bits per heavy atom. The van der Waals surface area contributed by atoms with Gasteiger partial charge in [0.15, 0.2) is 0 Å². The molecule has 0 aliphatic rings. The molecule has 4 rings (SSSR count). The number of thiophene rings is 1. The zero-order valence-corrected chi connectivity index (χ0v) is 17.4. The first-order valence-electron chi connectivity index (χ1n) is 9.08. The molecule has 0 bridgehead atoms. The average molecular weight is 424 g/mol. The Kier molecular flexibility index (Phi) is 5.22. The Hall–Kier alpha value is -2.96. The quantitative estimate of drug-likeness (QED) is 0.485. The van der Waals surface area contributed by atoms with Crippen LogP contribution >= 0.6 is 22.9 Å². The molecule has 0 aliphatic heterocycles. The molecule has 0 aliphatic carbocycles. The molecule has 146 valence electrons. The molecule has 0 spiro atoms. The molecular formula is C22H18ClN3O2S. The van der Waals surface area contributed by atoms with Crippen LogP contribution in [0.4, 0.5) is 5.69 Å². The third kappa shape index (κ3) is 3.69. The van der Waals surface area contributed by atoms with Crippen LogP contribution < -0.4 is 10.9 Å². The Morgan fingerprint density at radius 2 is 1.93 bits per heavy atom. The summed E-state index contributed by atoms with van der Waals surface area (Å²) >= 11 is 7.58. The molecule has 2 aromatic heterocycles. The van der Waals surface area contributed by atoms with Crippen molar-refractivity contribution in [1.82, 2.24) is 9.55 Å². The fourth-order valence-corrected chi connectivity index (χ4v) is 4.23. The number of hydrogen-bond acceptors (Lipinski definition) is 4. The largest absolute Gasteiger partial charge is 0.324 e. The first-order valence-corrected chi connectivity index (χ1v) is 10.3. The minimum absolute atomic E-state index is 0.237. The number of amides is 1. The van der Waals surface area contributed by atoms with Gasteiger partial charge < -0.3 is 5.32 Å². The van der Waals surface area contributed by atoms with Crippen molar-refractivity contribution in [1.29, 1.82) is 0 Å². The molecule has 0 fully saturated rings. The lowest BCUT2D eigenvalue weighted by Crippen LogP contribution is -2.31. The van der Waals surface area contributed by atoms with E-state index in [0.29, 0.717) is 20.9 Å². The summed E-state index contributed by atoms with van der Waals surface area (Å²) in [5.74, 6) is -0.308. The Bertz CT molecular complexity index is 1260. The molecule has 1 atom stereocenters. The number of nitrogens with one attached hydrogen (secondary N) is 1. The fraction of sp³-hybridized carbons (Fsp3) is 0.136. The van der Waals surface area contributed by atoms with Crippen LogP contribution in [-0.4, -0.2) is 15.5 Å². The molecule has 2 heterocycles. The van der Waals surface area contributed by atoms with Crippen LogP contribution in [0.25, 0.3) is 20.7 Å². The zero-order chi connectivity index (χ0) is 20.5. The summed E-state index contributed by atoms with van der Waals surface area (Å²) in [6, 6.07) is 16.3. The molecule has 2 aromatic carbocycles. The van der Waals surface area contributed by atoms with E-state index in [4.69, 9.17) is 11.6 Å². The zero-order valence-electron chi connectivity index (χ0n) is 15.8. The lowest BCUT2D eigenvalue weighted by Gasteiger charge is -2.16. The summed E-state index contributed by atoms with van der Waals surface area (Å²) in [5, 5.41) is 3.93. The van der Waals surface area contributed by atoms with Gasteiger partial charge in [0.1, 0.15) is 10.9 Å². The summed E-state index contributed by atoms with van der Waals surface area (Å²) in [7, 11) is 0. The Labute approximate surface area is 176 Å². The Balaban J connectivity index is 1.66. The predicted octanol–water partition coefficient (Wildman–Crippen LogP) is 5.29. The molecule has 1 N–H and O–H groups in total. The van der Waals surface area contributed by atoms with Gasteiger partial charge >= 0.3 is 0 Å². The van der Waals surface area contributed by atoms with Crippen LogP contribution in [-0.2, 0) is 4.79 Å². The second-order valence-electron chi connectivity index (χ2n) is 6.73. The van der Waals surface area contributed by atoms with E-state index in [0.717, 1.165) is 16.0 Å². The van der Waals surface area contributed by atoms with Crippen molar-refractivity contribution < 1.29 is 4.79 Å². The smallest absolute Gasteiger partial charge is 0.262 e. The predicted molar refractivity (Wildman–Crippen MR) is 119 cm³/mol. The number of anilines is 1. The normalized spacial score (nSPS) is 12.1. The van der Waals surface area contributed by atoms with Crippen molar-refractivity contribution in [3.8, 4) is 10.4 Å². The maximum Gasteiger partial charge on any atom is 0.262 e. The van der Waals surface area contributed by atoms with Gasteiger partial charge in [0.25, 0.3) is 5.56 Å². The standard InChI is InChI=1S/C22H18ClN3O2S/c1-13-17(23)9-6-10-18(13)25-20(27)14(2)26-12-24-21-16(22(26)28)11-19(29-21)15-7-4-3-5-8-15/h3-12,14H,1-2H3,(H,25,27). The van der Waals surface area contributed by atoms with Crippen LogP contribution in [0.15, 0.2) is 65.7 Å². The highest BCUT2D eigenvalue weighted by Gasteiger charge is 2.20. The third-order valence-electron chi connectivity index (χ3n) is 4.86. The lowest BCUT2D eigenvalue weighted by atomic mass is 10.2. The summed E-state index contributed by atoms with van der Waals surface area (Å²) in [6.07, 6.45) is 1.44. The minimum atomic E-state index is -0.724. The van der Waals surface area contributed by atoms with Crippen LogP contribution in [0.3, 0.4) is 0 Å². The van der Waals surface area contributed by atoms with Gasteiger partial charge in [0.05, 0.1) is 11.7 Å². The van der Waals surface area contributed by atoms with E-state index in [1.807, 2.05) is 43.3 Å². The number of carbonyl (C=O) groups excluding carboxylic acids is 1. The minimum Gasteiger partial charge on any atom is -0.324 e. The van der Waals surface area contributed by atoms with Crippen LogP contribution in [0, 0.1) is 6.92 Å². The lowest BCUT2D eigenvalue weighted by molar-refractivity contribution is -0.118. The SMILES string of the molecule is Cc1c(Cl)cccc1NC(=O)C(C)n1cnc2sc(-c3ccccc3)cc2c1=O. The van der Waals surface area contributed by atoms with Gasteiger partial charge in [-0.15, -0.1) is 11.3 Å². The number of hydrogen-bond donors (Lipinski definition) is 1. The topological polar surface area (TPSA) is 64.0 Å². The number of fused-ring (bicyclic) bond motifs is 1. The number of benzene rings is 2. The highest BCUT2D eigenvalue weighted by atomic mass is 35.5. The first kappa shape index (κ1) is 19.4. The van der Waals surface area contributed by atoms with Gasteiger partial charge in [-0.2, -0.15) is 0 Å². The van der Waals surface area contributed by atoms with Gasteiger partial charge in [0.2, 0.25) is 5.91 Å². The summed E-state index contributed by atoms with van der Waals surface area (Å²) in [6.45, 7) is 3.51. The molecule has 4 aromatic rings. The van der Waals surface area contributed by atoms with Crippen LogP contribution in [0.5, 0.6) is 0 Å². The van der Waals surface area contributed by atoms with Gasteiger partial charge in [-0.25, -0.2) is 4.98 Å². The third-order valence-corrected chi connectivity index (χ3v) is 6.36. The van der Waals surface area contributed by atoms with E-state index < -0.39 is 6.04 Å². The highest BCUT2D eigenvalue weighted by Crippen LogP contribution is 2.31. The van der Waals surface area contributed by atoms with E-state index in [9.17, 15) is 9.59 Å². The monoisotopic (exact) mass is 423 g/mol. The second-order valence-corrected chi connectivity index (χ2v) is 8.17. The molecule has 1 unspecified atom stereocenters. The maximum absolute atomic E-state index is 13.0. The van der Waals surface area contributed by atoms with Crippen LogP contribution in [0.2, 0.25) is 5.02 Å². The number of rotatable bonds is 4. The first-order chi connectivity index (χ1) is 14.0. The maximum atomic E-state index is 13.0. The van der Waals surface area contributed by atoms with E-state index in [1.54, 1.807) is 25.1 Å². The van der Waals surface area contributed by atoms with Crippen molar-refractivity contribution in [2.75, 3.05) is 5.32 Å². The van der Waals surface area contributed by atoms with Crippen molar-refractivity contribution in [2.24, 2.45) is 0 Å². The van der Waals surface area contributed by atoms with Gasteiger partial charge in [0, 0.05) is 15.6 Å². The second kappa shape index (κ2) is 7.81. The fourth-order valence-electron chi connectivity index (χ4n) is 3.06. The molecule has 0 saturated heterocycles. The molecule has 29 heavy (non-hydrogen) atoms. The van der Waals surface area contributed by atoms with Gasteiger partial charge in [-0.05, 0) is 43.2 Å². The molecule has 1 amide bonds. The van der Waals surface area contributed by atoms with Gasteiger partial charge in [-0.1, -0.05) is 48.0 Å². The summed E-state index contributed by atoms with van der Waals surface area (Å²) in [4.78, 5) is 31.8. The van der Waals surface area contributed by atoms with E-state index in [-0.39, 0.29) is 11.5 Å². The van der Waals surface area contributed by atoms with Crippen molar-refractivity contribution in [3.63, 3.8) is 0 Å². The molecular weight excluding hydrogens is 406 g/mol. The van der Waals surface area contributed by atoms with Crippen molar-refractivity contribution in [3.05, 3.63) is 81.9 Å². The molecule has 0 radical (unpaired) electrons. The molecule has 5 nitrogen and oxygen atoms in total. The number of aromatic nitrogens is 2. The number of halogens is 1. The van der Waals surface area contributed by atoms with E-state index >= 15 is 0 Å². The summed E-state index contributed by atoms with van der Waals surface area (Å²) < 4.78 is 1.36.